The van der Waals surface area contributed by atoms with Gasteiger partial charge in [0.05, 0.1) is 0 Å². The molecule has 0 radical (unpaired) electrons. The molecule has 3 rings (SSSR count). The molecule has 1 heteroatoms. The predicted octanol–water partition coefficient (Wildman–Crippen LogP) is 3.48. The standard InChI is InChI=1S/C15H18O/c16-14-7-4-10-15(11-14,13-8-9-13)12-5-2-1-3-6-12/h1-3,5-6,13H,4,7-11H2/t15-/m0/s1. The smallest absolute Gasteiger partial charge is 0.133 e. The zero-order valence-corrected chi connectivity index (χ0v) is 9.61. The number of rotatable bonds is 2. The van der Waals surface area contributed by atoms with Crippen molar-refractivity contribution in [2.75, 3.05) is 0 Å². The van der Waals surface area contributed by atoms with Crippen LogP contribution in [0.2, 0.25) is 0 Å². The summed E-state index contributed by atoms with van der Waals surface area (Å²) < 4.78 is 0. The van der Waals surface area contributed by atoms with Crippen LogP contribution >= 0.6 is 0 Å². The molecule has 2 fully saturated rings. The minimum atomic E-state index is 0.205. The molecule has 0 spiro atoms. The summed E-state index contributed by atoms with van der Waals surface area (Å²) in [6.07, 6.45) is 6.55. The van der Waals surface area contributed by atoms with Crippen LogP contribution in [0.15, 0.2) is 30.3 Å². The molecular formula is C15H18O. The lowest BCUT2D eigenvalue weighted by Gasteiger charge is -2.37. The van der Waals surface area contributed by atoms with Gasteiger partial charge in [-0.3, -0.25) is 4.79 Å². The quantitative estimate of drug-likeness (QED) is 0.736. The van der Waals surface area contributed by atoms with Gasteiger partial charge in [-0.05, 0) is 37.2 Å². The fourth-order valence-corrected chi connectivity index (χ4v) is 3.37. The second-order valence-corrected chi connectivity index (χ2v) is 5.37. The molecule has 0 unspecified atom stereocenters. The molecule has 16 heavy (non-hydrogen) atoms. The number of carbonyl (C=O) groups excluding carboxylic acids is 1. The van der Waals surface area contributed by atoms with Gasteiger partial charge in [-0.15, -0.1) is 0 Å². The van der Waals surface area contributed by atoms with Crippen LogP contribution in [-0.2, 0) is 10.2 Å². The highest BCUT2D eigenvalue weighted by molar-refractivity contribution is 5.81. The third kappa shape index (κ3) is 1.59. The number of hydrogen-bond donors (Lipinski definition) is 0. The van der Waals surface area contributed by atoms with Gasteiger partial charge in [0.2, 0.25) is 0 Å². The highest BCUT2D eigenvalue weighted by Gasteiger charge is 2.48. The van der Waals surface area contributed by atoms with E-state index in [2.05, 4.69) is 30.3 Å². The van der Waals surface area contributed by atoms with Crippen molar-refractivity contribution in [3.8, 4) is 0 Å². The van der Waals surface area contributed by atoms with E-state index in [1.807, 2.05) is 0 Å². The van der Waals surface area contributed by atoms with Crippen molar-refractivity contribution < 1.29 is 4.79 Å². The fourth-order valence-electron chi connectivity index (χ4n) is 3.37. The average molecular weight is 214 g/mol. The van der Waals surface area contributed by atoms with Crippen LogP contribution in [-0.4, -0.2) is 5.78 Å². The van der Waals surface area contributed by atoms with Gasteiger partial charge < -0.3 is 0 Å². The molecule has 0 bridgehead atoms. The number of benzene rings is 1. The summed E-state index contributed by atoms with van der Waals surface area (Å²) in [5.41, 5.74) is 1.61. The van der Waals surface area contributed by atoms with Gasteiger partial charge in [0.15, 0.2) is 0 Å². The molecule has 1 aromatic rings. The maximum Gasteiger partial charge on any atom is 0.133 e. The second-order valence-electron chi connectivity index (χ2n) is 5.37. The highest BCUT2D eigenvalue weighted by Crippen LogP contribution is 2.54. The number of Topliss-reactive ketones (excluding diaryl/α,β-unsaturated/α-hetero) is 1. The molecule has 1 nitrogen and oxygen atoms in total. The number of ketones is 1. The highest BCUT2D eigenvalue weighted by atomic mass is 16.1. The minimum Gasteiger partial charge on any atom is -0.300 e. The third-order valence-electron chi connectivity index (χ3n) is 4.30. The first-order valence-electron chi connectivity index (χ1n) is 6.38. The van der Waals surface area contributed by atoms with Crippen LogP contribution in [0.25, 0.3) is 0 Å². The molecule has 2 aliphatic rings. The Morgan fingerprint density at radius 3 is 2.50 bits per heavy atom. The van der Waals surface area contributed by atoms with Crippen molar-refractivity contribution in [1.82, 2.24) is 0 Å². The Balaban J connectivity index is 1.99. The van der Waals surface area contributed by atoms with Gasteiger partial charge >= 0.3 is 0 Å². The molecule has 0 heterocycles. The van der Waals surface area contributed by atoms with Crippen LogP contribution in [0.1, 0.15) is 44.1 Å². The van der Waals surface area contributed by atoms with E-state index in [1.165, 1.54) is 24.8 Å². The van der Waals surface area contributed by atoms with Gasteiger partial charge in [-0.2, -0.15) is 0 Å². The maximum atomic E-state index is 11.8. The Morgan fingerprint density at radius 1 is 1.12 bits per heavy atom. The molecule has 2 saturated carbocycles. The van der Waals surface area contributed by atoms with E-state index in [9.17, 15) is 4.79 Å². The average Bonchev–Trinajstić information content (AvgIpc) is 3.14. The molecule has 1 atom stereocenters. The summed E-state index contributed by atoms with van der Waals surface area (Å²) >= 11 is 0. The van der Waals surface area contributed by atoms with Crippen molar-refractivity contribution in [2.45, 2.75) is 43.9 Å². The summed E-state index contributed by atoms with van der Waals surface area (Å²) in [5, 5.41) is 0. The molecule has 0 amide bonds. The first-order chi connectivity index (χ1) is 7.81. The van der Waals surface area contributed by atoms with Gasteiger partial charge in [0, 0.05) is 18.3 Å². The lowest BCUT2D eigenvalue weighted by Crippen LogP contribution is -2.35. The summed E-state index contributed by atoms with van der Waals surface area (Å²) in [7, 11) is 0. The third-order valence-corrected chi connectivity index (χ3v) is 4.30. The first kappa shape index (κ1) is 10.1. The normalized spacial score (nSPS) is 30.4. The Hall–Kier alpha value is -1.11. The van der Waals surface area contributed by atoms with Gasteiger partial charge in [-0.1, -0.05) is 30.3 Å². The summed E-state index contributed by atoms with van der Waals surface area (Å²) in [6.45, 7) is 0. The topological polar surface area (TPSA) is 17.1 Å². The van der Waals surface area contributed by atoms with E-state index in [0.29, 0.717) is 5.78 Å². The van der Waals surface area contributed by atoms with E-state index < -0.39 is 0 Å². The van der Waals surface area contributed by atoms with Gasteiger partial charge in [0.1, 0.15) is 5.78 Å². The van der Waals surface area contributed by atoms with Crippen LogP contribution in [0, 0.1) is 5.92 Å². The monoisotopic (exact) mass is 214 g/mol. The maximum absolute atomic E-state index is 11.8. The Kier molecular flexibility index (Phi) is 2.34. The van der Waals surface area contributed by atoms with Crippen LogP contribution in [0.5, 0.6) is 0 Å². The van der Waals surface area contributed by atoms with Crippen LogP contribution < -0.4 is 0 Å². The van der Waals surface area contributed by atoms with Crippen LogP contribution in [0.4, 0.5) is 0 Å². The zero-order valence-electron chi connectivity index (χ0n) is 9.61. The SMILES string of the molecule is O=C1CCC[C@](c2ccccc2)(C2CC2)C1. The van der Waals surface area contributed by atoms with E-state index in [0.717, 1.165) is 25.2 Å². The van der Waals surface area contributed by atoms with Crippen molar-refractivity contribution in [1.29, 1.82) is 0 Å². The van der Waals surface area contributed by atoms with Gasteiger partial charge in [0.25, 0.3) is 0 Å². The first-order valence-corrected chi connectivity index (χ1v) is 6.38. The molecule has 0 aromatic heterocycles. The lowest BCUT2D eigenvalue weighted by atomic mass is 9.66. The molecule has 0 saturated heterocycles. The second kappa shape index (κ2) is 3.73. The predicted molar refractivity (Wildman–Crippen MR) is 64.3 cm³/mol. The summed E-state index contributed by atoms with van der Waals surface area (Å²) in [4.78, 5) is 11.8. The molecular weight excluding hydrogens is 196 g/mol. The zero-order chi connectivity index (χ0) is 11.0. The molecule has 2 aliphatic carbocycles. The molecule has 0 aliphatic heterocycles. The van der Waals surface area contributed by atoms with E-state index in [1.54, 1.807) is 0 Å². The Morgan fingerprint density at radius 2 is 1.88 bits per heavy atom. The van der Waals surface area contributed by atoms with Crippen molar-refractivity contribution in [3.05, 3.63) is 35.9 Å². The van der Waals surface area contributed by atoms with Gasteiger partial charge in [-0.25, -0.2) is 0 Å². The fraction of sp³-hybridized carbons (Fsp3) is 0.533. The Labute approximate surface area is 96.9 Å². The van der Waals surface area contributed by atoms with E-state index in [-0.39, 0.29) is 5.41 Å². The largest absolute Gasteiger partial charge is 0.300 e. The Bertz CT molecular complexity index is 391. The van der Waals surface area contributed by atoms with Crippen molar-refractivity contribution in [2.24, 2.45) is 5.92 Å². The minimum absolute atomic E-state index is 0.205. The van der Waals surface area contributed by atoms with Crippen molar-refractivity contribution in [3.63, 3.8) is 0 Å². The molecule has 1 aromatic carbocycles. The number of carbonyl (C=O) groups is 1. The van der Waals surface area contributed by atoms with Crippen molar-refractivity contribution >= 4 is 5.78 Å². The van der Waals surface area contributed by atoms with Crippen LogP contribution in [0.3, 0.4) is 0 Å². The van der Waals surface area contributed by atoms with E-state index >= 15 is 0 Å². The lowest BCUT2D eigenvalue weighted by molar-refractivity contribution is -0.122. The summed E-state index contributed by atoms with van der Waals surface area (Å²) in [6, 6.07) is 10.7. The molecule has 0 N–H and O–H groups in total. The number of hydrogen-bond acceptors (Lipinski definition) is 1. The summed E-state index contributed by atoms with van der Waals surface area (Å²) in [5.74, 6) is 1.25. The molecule has 84 valence electrons. The van der Waals surface area contributed by atoms with E-state index in [4.69, 9.17) is 0 Å².